The van der Waals surface area contributed by atoms with Crippen molar-refractivity contribution in [3.05, 3.63) is 0 Å². The molecule has 3 N–H and O–H groups in total. The van der Waals surface area contributed by atoms with E-state index in [0.29, 0.717) is 13.1 Å². The minimum atomic E-state index is -4.46. The number of thiocarbonyl (C=S) groups is 1. The molecule has 1 aliphatic rings. The molecule has 0 spiro atoms. The molecule has 8 heteroatoms. The van der Waals surface area contributed by atoms with E-state index in [1.54, 1.807) is 0 Å². The van der Waals surface area contributed by atoms with Crippen LogP contribution in [0.3, 0.4) is 0 Å². The first-order chi connectivity index (χ1) is 7.30. The van der Waals surface area contributed by atoms with Crippen molar-refractivity contribution in [2.24, 2.45) is 11.7 Å². The van der Waals surface area contributed by atoms with Gasteiger partial charge < -0.3 is 11.1 Å². The number of hydrogen-bond acceptors (Lipinski definition) is 3. The summed E-state index contributed by atoms with van der Waals surface area (Å²) in [6.45, 7) is 0.323. The van der Waals surface area contributed by atoms with Gasteiger partial charge in [0.05, 0.1) is 11.5 Å². The van der Waals surface area contributed by atoms with Gasteiger partial charge in [0.25, 0.3) is 0 Å². The Morgan fingerprint density at radius 1 is 1.62 bits per heavy atom. The maximum Gasteiger partial charge on any atom is 0.399 e. The van der Waals surface area contributed by atoms with Gasteiger partial charge in [-0.1, -0.05) is 12.2 Å². The van der Waals surface area contributed by atoms with E-state index >= 15 is 0 Å². The zero-order valence-corrected chi connectivity index (χ0v) is 9.20. The Bertz CT molecular complexity index is 295. The van der Waals surface area contributed by atoms with E-state index in [-0.39, 0.29) is 19.0 Å². The molecule has 16 heavy (non-hydrogen) atoms. The fourth-order valence-corrected chi connectivity index (χ4v) is 1.67. The lowest BCUT2D eigenvalue weighted by molar-refractivity contribution is -0.160. The molecule has 1 rings (SSSR count). The summed E-state index contributed by atoms with van der Waals surface area (Å²) in [5, 5.41) is 2.53. The van der Waals surface area contributed by atoms with Crippen molar-refractivity contribution >= 4 is 23.1 Å². The van der Waals surface area contributed by atoms with Crippen LogP contribution in [0, 0.1) is 5.92 Å². The second kappa shape index (κ2) is 4.96. The van der Waals surface area contributed by atoms with Crippen molar-refractivity contribution in [1.82, 2.24) is 10.2 Å². The molecule has 1 atom stereocenters. The fourth-order valence-electron chi connectivity index (χ4n) is 1.46. The predicted octanol–water partition coefficient (Wildman–Crippen LogP) is -0.117. The third-order valence-electron chi connectivity index (χ3n) is 2.30. The van der Waals surface area contributed by atoms with E-state index in [0.717, 1.165) is 0 Å². The zero-order chi connectivity index (χ0) is 12.3. The number of halogens is 3. The molecular formula is C8H12F3N3OS. The Kier molecular flexibility index (Phi) is 4.09. The Morgan fingerprint density at radius 2 is 2.25 bits per heavy atom. The number of carbonyl (C=O) groups excluding carboxylic acids is 1. The number of hydrogen-bond donors (Lipinski definition) is 2. The maximum absolute atomic E-state index is 12.5. The summed E-state index contributed by atoms with van der Waals surface area (Å²) in [6.07, 6.45) is -4.46. The Balaban J connectivity index is 2.61. The molecule has 1 fully saturated rings. The number of rotatable bonds is 3. The normalized spacial score (nSPS) is 20.3. The topological polar surface area (TPSA) is 58.4 Å². The van der Waals surface area contributed by atoms with Crippen LogP contribution in [0.25, 0.3) is 0 Å². The van der Waals surface area contributed by atoms with Gasteiger partial charge in [0.2, 0.25) is 5.91 Å². The summed E-state index contributed by atoms with van der Waals surface area (Å²) in [4.78, 5) is 11.8. The van der Waals surface area contributed by atoms with Crippen LogP contribution in [-0.2, 0) is 4.79 Å². The summed E-state index contributed by atoms with van der Waals surface area (Å²) < 4.78 is 37.6. The summed E-state index contributed by atoms with van der Waals surface area (Å²) >= 11 is 4.39. The summed E-state index contributed by atoms with van der Waals surface area (Å²) in [5.74, 6) is -2.14. The van der Waals surface area contributed by atoms with Crippen molar-refractivity contribution in [1.29, 1.82) is 0 Å². The smallest absolute Gasteiger partial charge is 0.393 e. The van der Waals surface area contributed by atoms with Crippen LogP contribution in [-0.4, -0.2) is 48.2 Å². The number of nitrogens with zero attached hydrogens (tertiary/aromatic N) is 1. The van der Waals surface area contributed by atoms with E-state index in [4.69, 9.17) is 5.73 Å². The van der Waals surface area contributed by atoms with E-state index in [1.807, 2.05) is 0 Å². The summed E-state index contributed by atoms with van der Waals surface area (Å²) in [5.41, 5.74) is 5.06. The molecule has 0 aromatic carbocycles. The number of carbonyl (C=O) groups is 1. The molecule has 0 aliphatic carbocycles. The van der Waals surface area contributed by atoms with Gasteiger partial charge in [0.15, 0.2) is 0 Å². The highest BCUT2D eigenvalue weighted by Crippen LogP contribution is 2.27. The van der Waals surface area contributed by atoms with Gasteiger partial charge >= 0.3 is 6.18 Å². The molecule has 1 heterocycles. The highest BCUT2D eigenvalue weighted by Gasteiger charge is 2.42. The van der Waals surface area contributed by atoms with E-state index in [9.17, 15) is 18.0 Å². The molecule has 0 bridgehead atoms. The molecule has 1 unspecified atom stereocenters. The van der Waals surface area contributed by atoms with Gasteiger partial charge in [0.1, 0.15) is 5.92 Å². The minimum absolute atomic E-state index is 0.0464. The highest BCUT2D eigenvalue weighted by molar-refractivity contribution is 7.80. The van der Waals surface area contributed by atoms with Crippen LogP contribution in [0.4, 0.5) is 13.2 Å². The van der Waals surface area contributed by atoms with Crippen molar-refractivity contribution in [3.8, 4) is 0 Å². The SMILES string of the molecule is NC(=S)C(CN1CCNC(=O)C1)C(F)(F)F. The van der Waals surface area contributed by atoms with Crippen molar-refractivity contribution in [3.63, 3.8) is 0 Å². The highest BCUT2D eigenvalue weighted by atomic mass is 32.1. The van der Waals surface area contributed by atoms with Gasteiger partial charge in [-0.3, -0.25) is 9.69 Å². The number of nitrogens with one attached hydrogen (secondary N) is 1. The maximum atomic E-state index is 12.5. The molecule has 1 aliphatic heterocycles. The number of piperazine rings is 1. The zero-order valence-electron chi connectivity index (χ0n) is 8.38. The molecule has 0 aromatic heterocycles. The quantitative estimate of drug-likeness (QED) is 0.690. The lowest BCUT2D eigenvalue weighted by Crippen LogP contribution is -2.52. The first-order valence-corrected chi connectivity index (χ1v) is 5.06. The van der Waals surface area contributed by atoms with Crippen molar-refractivity contribution < 1.29 is 18.0 Å². The molecule has 0 aromatic rings. The molecular weight excluding hydrogens is 243 g/mol. The van der Waals surface area contributed by atoms with Crippen molar-refractivity contribution in [2.75, 3.05) is 26.2 Å². The molecule has 1 amide bonds. The molecule has 0 saturated carbocycles. The average molecular weight is 255 g/mol. The van der Waals surface area contributed by atoms with Crippen LogP contribution in [0.2, 0.25) is 0 Å². The Morgan fingerprint density at radius 3 is 2.69 bits per heavy atom. The number of nitrogens with two attached hydrogens (primary N) is 1. The first-order valence-electron chi connectivity index (χ1n) is 4.66. The number of alkyl halides is 3. The lowest BCUT2D eigenvalue weighted by atomic mass is 10.1. The van der Waals surface area contributed by atoms with Gasteiger partial charge in [-0.15, -0.1) is 0 Å². The van der Waals surface area contributed by atoms with Gasteiger partial charge in [-0.25, -0.2) is 0 Å². The third kappa shape index (κ3) is 3.60. The van der Waals surface area contributed by atoms with Crippen LogP contribution in [0.1, 0.15) is 0 Å². The third-order valence-corrected chi connectivity index (χ3v) is 2.58. The van der Waals surface area contributed by atoms with Gasteiger partial charge in [-0.2, -0.15) is 13.2 Å². The average Bonchev–Trinajstić information content (AvgIpc) is 2.12. The molecule has 4 nitrogen and oxygen atoms in total. The van der Waals surface area contributed by atoms with Crippen LogP contribution in [0.15, 0.2) is 0 Å². The number of amides is 1. The standard InChI is InChI=1S/C8H12F3N3OS/c9-8(10,11)5(7(12)16)3-14-2-1-13-6(15)4-14/h5H,1-4H2,(H2,12,16)(H,13,15). The van der Waals surface area contributed by atoms with E-state index < -0.39 is 17.1 Å². The second-order valence-electron chi connectivity index (χ2n) is 3.58. The summed E-state index contributed by atoms with van der Waals surface area (Å²) in [7, 11) is 0. The van der Waals surface area contributed by atoms with E-state index in [2.05, 4.69) is 17.5 Å². The minimum Gasteiger partial charge on any atom is -0.393 e. The van der Waals surface area contributed by atoms with Crippen LogP contribution < -0.4 is 11.1 Å². The molecule has 1 saturated heterocycles. The van der Waals surface area contributed by atoms with Gasteiger partial charge in [-0.05, 0) is 0 Å². The molecule has 0 radical (unpaired) electrons. The second-order valence-corrected chi connectivity index (χ2v) is 4.05. The van der Waals surface area contributed by atoms with Crippen LogP contribution >= 0.6 is 12.2 Å². The Hall–Kier alpha value is -0.890. The molecule has 92 valence electrons. The predicted molar refractivity (Wildman–Crippen MR) is 55.8 cm³/mol. The van der Waals surface area contributed by atoms with Crippen molar-refractivity contribution in [2.45, 2.75) is 6.18 Å². The largest absolute Gasteiger partial charge is 0.399 e. The fraction of sp³-hybridized carbons (Fsp3) is 0.750. The van der Waals surface area contributed by atoms with E-state index in [1.165, 1.54) is 4.90 Å². The Labute approximate surface area is 96.0 Å². The monoisotopic (exact) mass is 255 g/mol. The lowest BCUT2D eigenvalue weighted by Gasteiger charge is -2.30. The first kappa shape index (κ1) is 13.2. The van der Waals surface area contributed by atoms with Gasteiger partial charge in [0, 0.05) is 19.6 Å². The summed E-state index contributed by atoms with van der Waals surface area (Å²) in [6, 6.07) is 0. The van der Waals surface area contributed by atoms with Crippen LogP contribution in [0.5, 0.6) is 0 Å².